The van der Waals surface area contributed by atoms with Crippen molar-refractivity contribution in [3.05, 3.63) is 39.4 Å². The molecule has 18 heavy (non-hydrogen) atoms. The molecule has 0 heterocycles. The molecule has 0 aliphatic heterocycles. The van der Waals surface area contributed by atoms with Gasteiger partial charge in [-0.05, 0) is 42.9 Å². The molecule has 1 saturated carbocycles. The van der Waals surface area contributed by atoms with Gasteiger partial charge in [0.05, 0.1) is 0 Å². The Morgan fingerprint density at radius 3 is 2.72 bits per heavy atom. The summed E-state index contributed by atoms with van der Waals surface area (Å²) >= 11 is 3.65. The standard InChI is InChI=1S/C16H22BrN/c1-11(2)14(10-18-15-6-7-15)9-13-5-4-12(3)8-16(13)17/h4-5,8-9,11,15,18H,6-7,10H2,1-3H3/b14-9+. The van der Waals surface area contributed by atoms with E-state index in [0.29, 0.717) is 5.92 Å². The summed E-state index contributed by atoms with van der Waals surface area (Å²) in [5.41, 5.74) is 4.05. The van der Waals surface area contributed by atoms with Crippen molar-refractivity contribution in [1.82, 2.24) is 5.32 Å². The van der Waals surface area contributed by atoms with Gasteiger partial charge < -0.3 is 5.32 Å². The molecular weight excluding hydrogens is 286 g/mol. The molecule has 0 unspecified atom stereocenters. The van der Waals surface area contributed by atoms with Crippen LogP contribution in [-0.2, 0) is 0 Å². The lowest BCUT2D eigenvalue weighted by Gasteiger charge is -2.13. The first-order valence-electron chi connectivity index (χ1n) is 6.76. The predicted molar refractivity (Wildman–Crippen MR) is 82.7 cm³/mol. The lowest BCUT2D eigenvalue weighted by atomic mass is 10.00. The van der Waals surface area contributed by atoms with Gasteiger partial charge in [0.25, 0.3) is 0 Å². The number of rotatable bonds is 5. The zero-order valence-electron chi connectivity index (χ0n) is 11.5. The van der Waals surface area contributed by atoms with Crippen molar-refractivity contribution in [2.75, 3.05) is 6.54 Å². The van der Waals surface area contributed by atoms with Crippen LogP contribution >= 0.6 is 15.9 Å². The van der Waals surface area contributed by atoms with Gasteiger partial charge in [0.15, 0.2) is 0 Å². The molecule has 2 heteroatoms. The highest BCUT2D eigenvalue weighted by molar-refractivity contribution is 9.10. The minimum absolute atomic E-state index is 0.587. The molecule has 1 fully saturated rings. The molecule has 0 spiro atoms. The first kappa shape index (κ1) is 13.8. The van der Waals surface area contributed by atoms with E-state index in [-0.39, 0.29) is 0 Å². The predicted octanol–water partition coefficient (Wildman–Crippen LogP) is 4.55. The summed E-state index contributed by atoms with van der Waals surface area (Å²) in [6, 6.07) is 7.31. The zero-order chi connectivity index (χ0) is 13.1. The summed E-state index contributed by atoms with van der Waals surface area (Å²) in [4.78, 5) is 0. The minimum atomic E-state index is 0.587. The maximum Gasteiger partial charge on any atom is 0.0250 e. The van der Waals surface area contributed by atoms with Crippen LogP contribution in [0.25, 0.3) is 6.08 Å². The van der Waals surface area contributed by atoms with Gasteiger partial charge in [-0.2, -0.15) is 0 Å². The van der Waals surface area contributed by atoms with Gasteiger partial charge in [-0.1, -0.05) is 53.6 Å². The molecule has 0 atom stereocenters. The summed E-state index contributed by atoms with van der Waals surface area (Å²) in [6.07, 6.45) is 5.02. The second-order valence-electron chi connectivity index (χ2n) is 5.55. The number of nitrogens with one attached hydrogen (secondary N) is 1. The monoisotopic (exact) mass is 307 g/mol. The minimum Gasteiger partial charge on any atom is -0.310 e. The molecule has 1 aromatic rings. The maximum atomic E-state index is 3.65. The Hall–Kier alpha value is -0.600. The number of hydrogen-bond donors (Lipinski definition) is 1. The van der Waals surface area contributed by atoms with E-state index in [1.807, 2.05) is 0 Å². The van der Waals surface area contributed by atoms with Crippen molar-refractivity contribution in [2.24, 2.45) is 5.92 Å². The van der Waals surface area contributed by atoms with Gasteiger partial charge in [0.2, 0.25) is 0 Å². The largest absolute Gasteiger partial charge is 0.310 e. The summed E-state index contributed by atoms with van der Waals surface area (Å²) < 4.78 is 1.19. The Bertz CT molecular complexity index is 444. The fraction of sp³-hybridized carbons (Fsp3) is 0.500. The normalized spacial score (nSPS) is 16.4. The first-order chi connectivity index (χ1) is 8.56. The van der Waals surface area contributed by atoms with Crippen LogP contribution in [0.4, 0.5) is 0 Å². The Balaban J connectivity index is 2.14. The van der Waals surface area contributed by atoms with Crippen LogP contribution in [0.5, 0.6) is 0 Å². The van der Waals surface area contributed by atoms with Crippen molar-refractivity contribution in [2.45, 2.75) is 39.7 Å². The molecular formula is C16H22BrN. The highest BCUT2D eigenvalue weighted by atomic mass is 79.9. The van der Waals surface area contributed by atoms with E-state index < -0.39 is 0 Å². The van der Waals surface area contributed by atoms with Crippen LogP contribution < -0.4 is 5.32 Å². The summed E-state index contributed by atoms with van der Waals surface area (Å²) in [7, 11) is 0. The molecule has 1 aliphatic rings. The van der Waals surface area contributed by atoms with E-state index in [4.69, 9.17) is 0 Å². The maximum absolute atomic E-state index is 3.65. The highest BCUT2D eigenvalue weighted by Crippen LogP contribution is 2.24. The van der Waals surface area contributed by atoms with E-state index in [9.17, 15) is 0 Å². The van der Waals surface area contributed by atoms with Crippen LogP contribution in [0.2, 0.25) is 0 Å². The van der Waals surface area contributed by atoms with E-state index >= 15 is 0 Å². The van der Waals surface area contributed by atoms with Crippen molar-refractivity contribution in [3.63, 3.8) is 0 Å². The fourth-order valence-corrected chi connectivity index (χ4v) is 2.53. The topological polar surface area (TPSA) is 12.0 Å². The highest BCUT2D eigenvalue weighted by Gasteiger charge is 2.20. The fourth-order valence-electron chi connectivity index (χ4n) is 1.92. The average molecular weight is 308 g/mol. The quantitative estimate of drug-likeness (QED) is 0.841. The molecule has 98 valence electrons. The van der Waals surface area contributed by atoms with Gasteiger partial charge in [-0.25, -0.2) is 0 Å². The van der Waals surface area contributed by atoms with Gasteiger partial charge in [0, 0.05) is 17.1 Å². The Labute approximate surface area is 119 Å². The second kappa shape index (κ2) is 6.03. The van der Waals surface area contributed by atoms with Gasteiger partial charge in [-0.3, -0.25) is 0 Å². The van der Waals surface area contributed by atoms with Gasteiger partial charge >= 0.3 is 0 Å². The number of benzene rings is 1. The number of hydrogen-bond acceptors (Lipinski definition) is 1. The second-order valence-corrected chi connectivity index (χ2v) is 6.41. The molecule has 1 aliphatic carbocycles. The van der Waals surface area contributed by atoms with Crippen LogP contribution in [0.1, 0.15) is 37.8 Å². The molecule has 0 bridgehead atoms. The van der Waals surface area contributed by atoms with E-state index in [1.54, 1.807) is 0 Å². The Kier molecular flexibility index (Phi) is 4.63. The molecule has 1 N–H and O–H groups in total. The first-order valence-corrected chi connectivity index (χ1v) is 7.55. The summed E-state index contributed by atoms with van der Waals surface area (Å²) in [6.45, 7) is 7.67. The van der Waals surface area contributed by atoms with Gasteiger partial charge in [-0.15, -0.1) is 0 Å². The van der Waals surface area contributed by atoms with Crippen LogP contribution in [0, 0.1) is 12.8 Å². The van der Waals surface area contributed by atoms with Crippen molar-refractivity contribution in [3.8, 4) is 0 Å². The smallest absolute Gasteiger partial charge is 0.0250 e. The zero-order valence-corrected chi connectivity index (χ0v) is 13.0. The van der Waals surface area contributed by atoms with Crippen molar-refractivity contribution in [1.29, 1.82) is 0 Å². The Morgan fingerprint density at radius 2 is 2.17 bits per heavy atom. The van der Waals surface area contributed by atoms with Crippen molar-refractivity contribution >= 4 is 22.0 Å². The Morgan fingerprint density at radius 1 is 1.44 bits per heavy atom. The molecule has 0 radical (unpaired) electrons. The molecule has 1 nitrogen and oxygen atoms in total. The molecule has 0 aromatic heterocycles. The van der Waals surface area contributed by atoms with Crippen molar-refractivity contribution < 1.29 is 0 Å². The third-order valence-corrected chi connectivity index (χ3v) is 4.10. The third kappa shape index (κ3) is 3.96. The molecule has 1 aromatic carbocycles. The third-order valence-electron chi connectivity index (χ3n) is 3.41. The summed E-state index contributed by atoms with van der Waals surface area (Å²) in [5.74, 6) is 0.587. The average Bonchev–Trinajstić information content (AvgIpc) is 3.10. The lowest BCUT2D eigenvalue weighted by Crippen LogP contribution is -2.21. The van der Waals surface area contributed by atoms with Crippen LogP contribution in [0.15, 0.2) is 28.2 Å². The molecule has 0 amide bonds. The lowest BCUT2D eigenvalue weighted by molar-refractivity contribution is 0.662. The van der Waals surface area contributed by atoms with Crippen LogP contribution in [-0.4, -0.2) is 12.6 Å². The number of halogens is 1. The van der Waals surface area contributed by atoms with Gasteiger partial charge in [0.1, 0.15) is 0 Å². The summed E-state index contributed by atoms with van der Waals surface area (Å²) in [5, 5.41) is 3.61. The SMILES string of the molecule is Cc1ccc(/C=C(\CNC2CC2)C(C)C)c(Br)c1. The van der Waals surface area contributed by atoms with E-state index in [0.717, 1.165) is 12.6 Å². The van der Waals surface area contributed by atoms with Crippen LogP contribution in [0.3, 0.4) is 0 Å². The molecule has 0 saturated heterocycles. The molecule has 2 rings (SSSR count). The number of aryl methyl sites for hydroxylation is 1. The van der Waals surface area contributed by atoms with E-state index in [1.165, 1.54) is 34.0 Å². The van der Waals surface area contributed by atoms with E-state index in [2.05, 4.69) is 66.3 Å².